The van der Waals surface area contributed by atoms with Gasteiger partial charge in [-0.1, -0.05) is 20.3 Å². The van der Waals surface area contributed by atoms with E-state index in [1.165, 1.54) is 123 Å². The van der Waals surface area contributed by atoms with Crippen LogP contribution in [0.1, 0.15) is 139 Å². The van der Waals surface area contributed by atoms with Gasteiger partial charge in [0.25, 0.3) is 0 Å². The zero-order chi connectivity index (χ0) is 40.0. The average Bonchev–Trinajstić information content (AvgIpc) is 3.18. The zero-order valence-corrected chi connectivity index (χ0v) is 36.6. The van der Waals surface area contributed by atoms with Crippen molar-refractivity contribution >= 4 is 17.8 Å². The summed E-state index contributed by atoms with van der Waals surface area (Å²) in [6, 6.07) is 2.39. The first-order valence-electron chi connectivity index (χ1n) is 22.5. The Morgan fingerprint density at radius 3 is 1.33 bits per heavy atom. The van der Waals surface area contributed by atoms with Crippen molar-refractivity contribution in [1.82, 2.24) is 29.4 Å². The van der Waals surface area contributed by atoms with Gasteiger partial charge in [-0.3, -0.25) is 19.4 Å². The Hall–Kier alpha value is -1.79. The molecule has 5 saturated heterocycles. The van der Waals surface area contributed by atoms with Crippen LogP contribution in [-0.4, -0.2) is 168 Å². The van der Waals surface area contributed by atoms with Crippen molar-refractivity contribution in [3.8, 4) is 0 Å². The van der Waals surface area contributed by atoms with E-state index in [1.807, 2.05) is 41.5 Å². The van der Waals surface area contributed by atoms with Gasteiger partial charge in [0.1, 0.15) is 17.0 Å². The summed E-state index contributed by atoms with van der Waals surface area (Å²) in [4.78, 5) is 49.7. The van der Waals surface area contributed by atoms with E-state index in [4.69, 9.17) is 9.47 Å². The first-order valence-corrected chi connectivity index (χ1v) is 22.5. The van der Waals surface area contributed by atoms with Gasteiger partial charge in [-0.25, -0.2) is 4.79 Å². The number of ether oxygens (including phenoxy) is 2. The Bertz CT molecular complexity index is 1120. The Morgan fingerprint density at radius 1 is 0.527 bits per heavy atom. The monoisotopic (exact) mass is 775 g/mol. The SMILES string of the molecule is CC(C)(C)OC(=O)N1CCC(=O)CC1.CCN1CCC(N2CCCCC2)CC1.CCN1CCC(N2CCN(C3CCC(C(=O)OC(C)(C)C)CC3)CC2)CC1. The second kappa shape index (κ2) is 22.4. The first-order chi connectivity index (χ1) is 26.1. The van der Waals surface area contributed by atoms with Crippen LogP contribution in [0.4, 0.5) is 4.79 Å². The molecule has 6 rings (SSSR count). The van der Waals surface area contributed by atoms with E-state index in [1.54, 1.807) is 4.90 Å². The summed E-state index contributed by atoms with van der Waals surface area (Å²) in [5.74, 6) is 0.361. The largest absolute Gasteiger partial charge is 0.460 e. The third-order valence-electron chi connectivity index (χ3n) is 12.7. The van der Waals surface area contributed by atoms with Gasteiger partial charge in [-0.15, -0.1) is 0 Å². The van der Waals surface area contributed by atoms with Crippen LogP contribution in [0.5, 0.6) is 0 Å². The predicted octanol–water partition coefficient (Wildman–Crippen LogP) is 6.53. The topological polar surface area (TPSA) is 89.1 Å². The lowest BCUT2D eigenvalue weighted by Crippen LogP contribution is -2.55. The Balaban J connectivity index is 0.000000202. The molecule has 0 N–H and O–H groups in total. The predicted molar refractivity (Wildman–Crippen MR) is 222 cm³/mol. The van der Waals surface area contributed by atoms with Crippen molar-refractivity contribution in [1.29, 1.82) is 0 Å². The van der Waals surface area contributed by atoms with Crippen LogP contribution in [0.2, 0.25) is 0 Å². The van der Waals surface area contributed by atoms with E-state index >= 15 is 0 Å². The van der Waals surface area contributed by atoms with E-state index in [0.717, 1.165) is 37.8 Å². The summed E-state index contributed by atoms with van der Waals surface area (Å²) >= 11 is 0. The molecule has 0 atom stereocenters. The molecule has 5 heterocycles. The number of rotatable bonds is 6. The summed E-state index contributed by atoms with van der Waals surface area (Å²) in [5.41, 5.74) is -0.823. The molecule has 11 nitrogen and oxygen atoms in total. The standard InChI is InChI=1S/C22H41N3O2.C12H24N2.C10H17NO3/c1-5-23-12-10-20(11-13-23)25-16-14-24(15-17-25)19-8-6-18(7-9-19)21(26)27-22(2,3)4;1-2-13-10-6-12(7-11-13)14-8-4-3-5-9-14;1-10(2,3)14-9(13)11-6-4-8(12)5-7-11/h18-20H,5-17H2,1-4H3;12H,2-11H2,1H3;4-7H2,1-3H3. The number of nitrogens with zero attached hydrogens (tertiary/aromatic N) is 6. The molecular weight excluding hydrogens is 693 g/mol. The molecule has 6 fully saturated rings. The van der Waals surface area contributed by atoms with Crippen LogP contribution in [0.25, 0.3) is 0 Å². The van der Waals surface area contributed by atoms with E-state index in [-0.39, 0.29) is 29.4 Å². The molecule has 6 aliphatic rings. The normalized spacial score (nSPS) is 26.7. The molecule has 318 valence electrons. The van der Waals surface area contributed by atoms with Crippen LogP contribution >= 0.6 is 0 Å². The number of carbonyl (C=O) groups is 3. The molecule has 55 heavy (non-hydrogen) atoms. The fraction of sp³-hybridized carbons (Fsp3) is 0.932. The zero-order valence-electron chi connectivity index (χ0n) is 36.6. The summed E-state index contributed by atoms with van der Waals surface area (Å²) in [6.45, 7) is 32.2. The molecule has 0 aromatic rings. The lowest BCUT2D eigenvalue weighted by Gasteiger charge is -2.45. The van der Waals surface area contributed by atoms with Crippen molar-refractivity contribution in [2.75, 3.05) is 91.6 Å². The highest BCUT2D eigenvalue weighted by atomic mass is 16.6. The van der Waals surface area contributed by atoms with Gasteiger partial charge in [-0.2, -0.15) is 0 Å². The molecule has 0 aromatic carbocycles. The number of hydrogen-bond acceptors (Lipinski definition) is 10. The number of amides is 1. The van der Waals surface area contributed by atoms with Gasteiger partial charge < -0.3 is 29.1 Å². The lowest BCUT2D eigenvalue weighted by atomic mass is 9.85. The van der Waals surface area contributed by atoms with Gasteiger partial charge in [0.05, 0.1) is 5.92 Å². The molecular formula is C44H82N6O5. The van der Waals surface area contributed by atoms with Crippen molar-refractivity contribution in [2.45, 2.75) is 168 Å². The second-order valence-electron chi connectivity index (χ2n) is 19.0. The van der Waals surface area contributed by atoms with E-state index in [2.05, 4.69) is 38.3 Å². The molecule has 1 saturated carbocycles. The maximum Gasteiger partial charge on any atom is 0.410 e. The van der Waals surface area contributed by atoms with Crippen LogP contribution in [-0.2, 0) is 19.1 Å². The highest BCUT2D eigenvalue weighted by molar-refractivity contribution is 5.81. The third kappa shape index (κ3) is 16.2. The first kappa shape index (κ1) is 45.9. The van der Waals surface area contributed by atoms with E-state index in [0.29, 0.717) is 32.0 Å². The lowest BCUT2D eigenvalue weighted by molar-refractivity contribution is -0.161. The molecule has 5 aliphatic heterocycles. The van der Waals surface area contributed by atoms with Crippen molar-refractivity contribution in [3.63, 3.8) is 0 Å². The Labute approximate surface area is 336 Å². The maximum atomic E-state index is 12.3. The minimum Gasteiger partial charge on any atom is -0.460 e. The smallest absolute Gasteiger partial charge is 0.410 e. The minimum atomic E-state index is -0.460. The molecule has 0 bridgehead atoms. The Kier molecular flexibility index (Phi) is 18.7. The number of likely N-dealkylation sites (tertiary alicyclic amines) is 4. The molecule has 0 unspecified atom stereocenters. The number of hydrogen-bond donors (Lipinski definition) is 0. The van der Waals surface area contributed by atoms with Crippen molar-refractivity contribution in [2.24, 2.45) is 5.92 Å². The van der Waals surface area contributed by atoms with Gasteiger partial charge in [-0.05, 0) is 158 Å². The van der Waals surface area contributed by atoms with E-state index < -0.39 is 5.60 Å². The highest BCUT2D eigenvalue weighted by Gasteiger charge is 2.35. The van der Waals surface area contributed by atoms with Gasteiger partial charge >= 0.3 is 12.1 Å². The molecule has 0 radical (unpaired) electrons. The highest BCUT2D eigenvalue weighted by Crippen LogP contribution is 2.31. The summed E-state index contributed by atoms with van der Waals surface area (Å²) in [5, 5.41) is 0. The van der Waals surface area contributed by atoms with Gasteiger partial charge in [0.15, 0.2) is 0 Å². The fourth-order valence-electron chi connectivity index (χ4n) is 9.28. The van der Waals surface area contributed by atoms with Crippen LogP contribution < -0.4 is 0 Å². The van der Waals surface area contributed by atoms with Crippen molar-refractivity contribution < 1.29 is 23.9 Å². The number of piperazine rings is 1. The second-order valence-corrected chi connectivity index (χ2v) is 19.0. The van der Waals surface area contributed by atoms with Crippen LogP contribution in [0.3, 0.4) is 0 Å². The molecule has 11 heteroatoms. The fourth-order valence-corrected chi connectivity index (χ4v) is 9.28. The summed E-state index contributed by atoms with van der Waals surface area (Å²) in [6.07, 6.45) is 14.7. The van der Waals surface area contributed by atoms with Gasteiger partial charge in [0.2, 0.25) is 0 Å². The Morgan fingerprint density at radius 2 is 0.927 bits per heavy atom. The number of piperidine rings is 4. The maximum absolute atomic E-state index is 12.3. The number of Topliss-reactive ketones (excluding diaryl/α,β-unsaturated/α-hetero) is 1. The van der Waals surface area contributed by atoms with Crippen LogP contribution in [0, 0.1) is 5.92 Å². The molecule has 1 aliphatic carbocycles. The molecule has 0 aromatic heterocycles. The van der Waals surface area contributed by atoms with E-state index in [9.17, 15) is 14.4 Å². The quantitative estimate of drug-likeness (QED) is 0.278. The van der Waals surface area contributed by atoms with Crippen LogP contribution in [0.15, 0.2) is 0 Å². The summed E-state index contributed by atoms with van der Waals surface area (Å²) in [7, 11) is 0. The third-order valence-corrected chi connectivity index (χ3v) is 12.7. The number of carbonyl (C=O) groups excluding carboxylic acids is 3. The van der Waals surface area contributed by atoms with Crippen molar-refractivity contribution in [3.05, 3.63) is 0 Å². The molecule has 0 spiro atoms. The number of ketones is 1. The van der Waals surface area contributed by atoms with Gasteiger partial charge in [0, 0.05) is 70.2 Å². The number of esters is 1. The minimum absolute atomic E-state index is 0.0178. The average molecular weight is 775 g/mol. The molecule has 1 amide bonds. The summed E-state index contributed by atoms with van der Waals surface area (Å²) < 4.78 is 10.8.